The Bertz CT molecular complexity index is 1040. The second-order valence-corrected chi connectivity index (χ2v) is 6.85. The Kier molecular flexibility index (Phi) is 7.93. The van der Waals surface area contributed by atoms with Crippen LogP contribution in [0.3, 0.4) is 0 Å². The Morgan fingerprint density at radius 3 is 1.00 bits per heavy atom. The molecular formula is C28H24O4. The minimum atomic E-state index is -0.0136. The molecule has 0 amide bonds. The van der Waals surface area contributed by atoms with Crippen LogP contribution in [0.15, 0.2) is 109 Å². The average Bonchev–Trinajstić information content (AvgIpc) is 2.89. The molecule has 0 heterocycles. The van der Waals surface area contributed by atoms with E-state index in [1.165, 1.54) is 0 Å². The zero-order chi connectivity index (χ0) is 22.8. The van der Waals surface area contributed by atoms with E-state index < -0.39 is 0 Å². The van der Waals surface area contributed by atoms with E-state index in [0.717, 1.165) is 22.6 Å². The Morgan fingerprint density at radius 2 is 0.719 bits per heavy atom. The summed E-state index contributed by atoms with van der Waals surface area (Å²) in [5.41, 5.74) is 2.75. The van der Waals surface area contributed by atoms with Gasteiger partial charge in [-0.05, 0) is 48.5 Å². The Hall–Kier alpha value is -4.18. The molecule has 0 aliphatic heterocycles. The molecule has 0 bridgehead atoms. The van der Waals surface area contributed by atoms with Crippen LogP contribution in [0.4, 0.5) is 0 Å². The summed E-state index contributed by atoms with van der Waals surface area (Å²) in [4.78, 5) is 24.0. The van der Waals surface area contributed by atoms with E-state index in [1.54, 1.807) is 62.8 Å². The maximum Gasteiger partial charge on any atom is 0.193 e. The van der Waals surface area contributed by atoms with Gasteiger partial charge in [0.2, 0.25) is 0 Å². The van der Waals surface area contributed by atoms with Crippen LogP contribution in [0.1, 0.15) is 31.8 Å². The zero-order valence-electron chi connectivity index (χ0n) is 18.0. The molecule has 0 unspecified atom stereocenters. The predicted octanol–water partition coefficient (Wildman–Crippen LogP) is 5.85. The number of hydrogen-bond acceptors (Lipinski definition) is 4. The minimum absolute atomic E-state index is 0.0136. The van der Waals surface area contributed by atoms with Crippen molar-refractivity contribution in [3.05, 3.63) is 131 Å². The van der Waals surface area contributed by atoms with Gasteiger partial charge in [-0.15, -0.1) is 0 Å². The summed E-state index contributed by atoms with van der Waals surface area (Å²) in [5, 5.41) is 0. The van der Waals surface area contributed by atoms with Gasteiger partial charge in [-0.3, -0.25) is 9.59 Å². The lowest BCUT2D eigenvalue weighted by Crippen LogP contribution is -2.01. The first-order valence-electron chi connectivity index (χ1n) is 10.1. The quantitative estimate of drug-likeness (QED) is 0.364. The van der Waals surface area contributed by atoms with Crippen molar-refractivity contribution in [1.82, 2.24) is 0 Å². The lowest BCUT2D eigenvalue weighted by atomic mass is 10.0. The van der Waals surface area contributed by atoms with Gasteiger partial charge in [0.25, 0.3) is 0 Å². The molecule has 0 aromatic heterocycles. The largest absolute Gasteiger partial charge is 0.497 e. The molecule has 160 valence electrons. The number of ether oxygens (including phenoxy) is 2. The maximum atomic E-state index is 12.2. The molecule has 0 aliphatic carbocycles. The SMILES string of the molecule is COc1ccc(C(=O)c2ccc(OC)cc2)cc1.O=C(c1ccccc1)c1ccccc1. The molecule has 0 fully saturated rings. The van der Waals surface area contributed by atoms with Crippen LogP contribution in [-0.2, 0) is 0 Å². The van der Waals surface area contributed by atoms with Gasteiger partial charge in [0.15, 0.2) is 11.6 Å². The molecule has 0 N–H and O–H groups in total. The highest BCUT2D eigenvalue weighted by atomic mass is 16.5. The molecule has 0 atom stereocenters. The Balaban J connectivity index is 0.000000186. The van der Waals surface area contributed by atoms with Gasteiger partial charge in [-0.1, -0.05) is 60.7 Å². The van der Waals surface area contributed by atoms with Crippen LogP contribution < -0.4 is 9.47 Å². The molecule has 0 saturated carbocycles. The standard InChI is InChI=1S/C15H14O3.C13H10O/c1-17-13-7-3-11(4-8-13)15(16)12-5-9-14(18-2)10-6-12;14-13(11-7-3-1-4-8-11)12-9-5-2-6-10-12/h3-10H,1-2H3;1-10H. The van der Waals surface area contributed by atoms with Crippen molar-refractivity contribution in [2.75, 3.05) is 14.2 Å². The van der Waals surface area contributed by atoms with Gasteiger partial charge < -0.3 is 9.47 Å². The fourth-order valence-electron chi connectivity index (χ4n) is 3.00. The average molecular weight is 424 g/mol. The fraction of sp³-hybridized carbons (Fsp3) is 0.0714. The van der Waals surface area contributed by atoms with E-state index in [1.807, 2.05) is 60.7 Å². The molecule has 0 saturated heterocycles. The molecular weight excluding hydrogens is 400 g/mol. The van der Waals surface area contributed by atoms with E-state index in [2.05, 4.69) is 0 Å². The number of benzene rings is 4. The summed E-state index contributed by atoms with van der Waals surface area (Å²) in [6.07, 6.45) is 0. The lowest BCUT2D eigenvalue weighted by Gasteiger charge is -2.04. The molecule has 0 radical (unpaired) electrons. The molecule has 4 aromatic carbocycles. The van der Waals surface area contributed by atoms with Crippen molar-refractivity contribution in [1.29, 1.82) is 0 Å². The van der Waals surface area contributed by atoms with Crippen LogP contribution in [0.2, 0.25) is 0 Å². The van der Waals surface area contributed by atoms with Crippen LogP contribution >= 0.6 is 0 Å². The third kappa shape index (κ3) is 5.92. The molecule has 4 nitrogen and oxygen atoms in total. The third-order valence-corrected chi connectivity index (χ3v) is 4.78. The Morgan fingerprint density at radius 1 is 0.438 bits per heavy atom. The third-order valence-electron chi connectivity index (χ3n) is 4.78. The van der Waals surface area contributed by atoms with Crippen molar-refractivity contribution >= 4 is 11.6 Å². The van der Waals surface area contributed by atoms with E-state index in [-0.39, 0.29) is 11.6 Å². The summed E-state index contributed by atoms with van der Waals surface area (Å²) in [6, 6.07) is 32.7. The number of carbonyl (C=O) groups excluding carboxylic acids is 2. The summed E-state index contributed by atoms with van der Waals surface area (Å²) in [7, 11) is 3.20. The normalized spacial score (nSPS) is 9.81. The number of methoxy groups -OCH3 is 2. The summed E-state index contributed by atoms with van der Waals surface area (Å²) in [6.45, 7) is 0. The van der Waals surface area contributed by atoms with Crippen molar-refractivity contribution < 1.29 is 19.1 Å². The van der Waals surface area contributed by atoms with Crippen LogP contribution in [-0.4, -0.2) is 25.8 Å². The van der Waals surface area contributed by atoms with Crippen LogP contribution in [0.5, 0.6) is 11.5 Å². The Labute approximate surface area is 188 Å². The first-order valence-corrected chi connectivity index (χ1v) is 10.1. The van der Waals surface area contributed by atoms with Gasteiger partial charge in [-0.2, -0.15) is 0 Å². The minimum Gasteiger partial charge on any atom is -0.497 e. The van der Waals surface area contributed by atoms with Crippen molar-refractivity contribution in [2.45, 2.75) is 0 Å². The van der Waals surface area contributed by atoms with E-state index >= 15 is 0 Å². The molecule has 32 heavy (non-hydrogen) atoms. The maximum absolute atomic E-state index is 12.2. The van der Waals surface area contributed by atoms with E-state index in [0.29, 0.717) is 11.1 Å². The first kappa shape index (κ1) is 22.5. The number of hydrogen-bond donors (Lipinski definition) is 0. The molecule has 4 heteroatoms. The predicted molar refractivity (Wildman–Crippen MR) is 126 cm³/mol. The second-order valence-electron chi connectivity index (χ2n) is 6.85. The number of rotatable bonds is 6. The lowest BCUT2D eigenvalue weighted by molar-refractivity contribution is 0.103. The van der Waals surface area contributed by atoms with Crippen molar-refractivity contribution in [3.8, 4) is 11.5 Å². The van der Waals surface area contributed by atoms with Gasteiger partial charge in [0.1, 0.15) is 11.5 Å². The highest BCUT2D eigenvalue weighted by molar-refractivity contribution is 6.09. The zero-order valence-corrected chi connectivity index (χ0v) is 18.0. The van der Waals surface area contributed by atoms with Gasteiger partial charge in [-0.25, -0.2) is 0 Å². The van der Waals surface area contributed by atoms with Crippen molar-refractivity contribution in [3.63, 3.8) is 0 Å². The smallest absolute Gasteiger partial charge is 0.193 e. The van der Waals surface area contributed by atoms with Gasteiger partial charge in [0, 0.05) is 22.3 Å². The molecule has 0 spiro atoms. The van der Waals surface area contributed by atoms with Crippen LogP contribution in [0, 0.1) is 0 Å². The second kappa shape index (κ2) is 11.3. The first-order chi connectivity index (χ1) is 15.6. The summed E-state index contributed by atoms with van der Waals surface area (Å²) < 4.78 is 10.1. The number of carbonyl (C=O) groups is 2. The fourth-order valence-corrected chi connectivity index (χ4v) is 3.00. The van der Waals surface area contributed by atoms with E-state index in [4.69, 9.17) is 9.47 Å². The number of ketones is 2. The summed E-state index contributed by atoms with van der Waals surface area (Å²) >= 11 is 0. The van der Waals surface area contributed by atoms with E-state index in [9.17, 15) is 9.59 Å². The topological polar surface area (TPSA) is 52.6 Å². The monoisotopic (exact) mass is 424 g/mol. The summed E-state index contributed by atoms with van der Waals surface area (Å²) in [5.74, 6) is 1.54. The van der Waals surface area contributed by atoms with Crippen LogP contribution in [0.25, 0.3) is 0 Å². The van der Waals surface area contributed by atoms with Gasteiger partial charge in [0.05, 0.1) is 14.2 Å². The molecule has 4 aromatic rings. The molecule has 0 aliphatic rings. The highest BCUT2D eigenvalue weighted by Crippen LogP contribution is 2.17. The molecule has 4 rings (SSSR count). The van der Waals surface area contributed by atoms with Gasteiger partial charge >= 0.3 is 0 Å². The van der Waals surface area contributed by atoms with Crippen molar-refractivity contribution in [2.24, 2.45) is 0 Å². The highest BCUT2D eigenvalue weighted by Gasteiger charge is 2.09.